The summed E-state index contributed by atoms with van der Waals surface area (Å²) in [6.45, 7) is 5.34. The van der Waals surface area contributed by atoms with Crippen molar-refractivity contribution < 1.29 is 12.8 Å². The van der Waals surface area contributed by atoms with Crippen molar-refractivity contribution in [2.45, 2.75) is 30.6 Å². The lowest BCUT2D eigenvalue weighted by molar-refractivity contribution is 0.503. The third-order valence-electron chi connectivity index (χ3n) is 4.59. The molecule has 0 bridgehead atoms. The molecule has 0 saturated heterocycles. The highest BCUT2D eigenvalue weighted by Gasteiger charge is 2.21. The Bertz CT molecular complexity index is 929. The summed E-state index contributed by atoms with van der Waals surface area (Å²) in [5, 5.41) is 6.52. The van der Waals surface area contributed by atoms with Crippen LogP contribution >= 0.6 is 24.0 Å². The minimum atomic E-state index is -3.17. The first-order valence-electron chi connectivity index (χ1n) is 9.11. The fraction of sp³-hybridized carbons (Fsp3) is 0.381. The molecule has 160 valence electrons. The predicted molar refractivity (Wildman–Crippen MR) is 127 cm³/mol. The third kappa shape index (κ3) is 7.93. The average Bonchev–Trinajstić information content (AvgIpc) is 2.64. The first-order valence-corrected chi connectivity index (χ1v) is 11.0. The van der Waals surface area contributed by atoms with E-state index in [0.717, 1.165) is 17.5 Å². The van der Waals surface area contributed by atoms with Gasteiger partial charge in [-0.25, -0.2) is 12.8 Å². The minimum absolute atomic E-state index is 0. The van der Waals surface area contributed by atoms with Crippen LogP contribution < -0.4 is 10.6 Å². The highest BCUT2D eigenvalue weighted by atomic mass is 127. The maximum absolute atomic E-state index is 13.5. The SMILES string of the molecule is CN=C(NCCc1ccc(S(C)(=O)=O)cc1)NCC(C)(C)c1cccc(F)c1.I. The summed E-state index contributed by atoms with van der Waals surface area (Å²) in [5.41, 5.74) is 1.69. The van der Waals surface area contributed by atoms with Gasteiger partial charge in [-0.2, -0.15) is 0 Å². The number of benzene rings is 2. The van der Waals surface area contributed by atoms with Crippen molar-refractivity contribution in [2.75, 3.05) is 26.4 Å². The van der Waals surface area contributed by atoms with Gasteiger partial charge in [-0.1, -0.05) is 38.1 Å². The molecular formula is C21H29FIN3O2S. The van der Waals surface area contributed by atoms with E-state index in [9.17, 15) is 12.8 Å². The normalized spacial score (nSPS) is 12.2. The third-order valence-corrected chi connectivity index (χ3v) is 5.71. The molecule has 0 saturated carbocycles. The molecular weight excluding hydrogens is 504 g/mol. The Labute approximate surface area is 190 Å². The Morgan fingerprint density at radius 3 is 2.31 bits per heavy atom. The smallest absolute Gasteiger partial charge is 0.191 e. The van der Waals surface area contributed by atoms with Crippen LogP contribution in [-0.2, 0) is 21.7 Å². The first-order chi connectivity index (χ1) is 13.1. The van der Waals surface area contributed by atoms with Crippen LogP contribution in [0.5, 0.6) is 0 Å². The van der Waals surface area contributed by atoms with Crippen molar-refractivity contribution in [1.82, 2.24) is 10.6 Å². The molecule has 0 atom stereocenters. The van der Waals surface area contributed by atoms with E-state index < -0.39 is 9.84 Å². The van der Waals surface area contributed by atoms with Gasteiger partial charge in [0.15, 0.2) is 15.8 Å². The Hall–Kier alpha value is -1.68. The van der Waals surface area contributed by atoms with Crippen LogP contribution in [0.25, 0.3) is 0 Å². The van der Waals surface area contributed by atoms with Crippen LogP contribution in [0.15, 0.2) is 58.4 Å². The zero-order valence-electron chi connectivity index (χ0n) is 17.2. The lowest BCUT2D eigenvalue weighted by Crippen LogP contribution is -2.44. The summed E-state index contributed by atoms with van der Waals surface area (Å²) in [6.07, 6.45) is 1.93. The van der Waals surface area contributed by atoms with E-state index in [-0.39, 0.29) is 35.2 Å². The first kappa shape index (κ1) is 25.4. The zero-order chi connectivity index (χ0) is 20.8. The highest BCUT2D eigenvalue weighted by molar-refractivity contribution is 14.0. The summed E-state index contributed by atoms with van der Waals surface area (Å²) < 4.78 is 36.5. The highest BCUT2D eigenvalue weighted by Crippen LogP contribution is 2.22. The molecule has 0 radical (unpaired) electrons. The maximum Gasteiger partial charge on any atom is 0.191 e. The summed E-state index contributed by atoms with van der Waals surface area (Å²) in [4.78, 5) is 4.54. The Morgan fingerprint density at radius 2 is 1.76 bits per heavy atom. The van der Waals surface area contributed by atoms with Crippen molar-refractivity contribution in [1.29, 1.82) is 0 Å². The number of nitrogens with zero attached hydrogens (tertiary/aromatic N) is 1. The van der Waals surface area contributed by atoms with Crippen molar-refractivity contribution in [3.05, 3.63) is 65.5 Å². The van der Waals surface area contributed by atoms with Gasteiger partial charge < -0.3 is 10.6 Å². The minimum Gasteiger partial charge on any atom is -0.356 e. The fourth-order valence-electron chi connectivity index (χ4n) is 2.77. The van der Waals surface area contributed by atoms with Crippen molar-refractivity contribution in [3.63, 3.8) is 0 Å². The Kier molecular flexibility index (Phi) is 9.54. The maximum atomic E-state index is 13.5. The molecule has 29 heavy (non-hydrogen) atoms. The van der Waals surface area contributed by atoms with Crippen LogP contribution in [0, 0.1) is 5.82 Å². The molecule has 0 aliphatic heterocycles. The number of aliphatic imine (C=N–C) groups is 1. The number of halogens is 2. The second-order valence-corrected chi connectivity index (χ2v) is 9.43. The summed E-state index contributed by atoms with van der Waals surface area (Å²) in [7, 11) is -1.47. The van der Waals surface area contributed by atoms with Crippen LogP contribution in [0.1, 0.15) is 25.0 Å². The van der Waals surface area contributed by atoms with Crippen molar-refractivity contribution in [3.8, 4) is 0 Å². The molecule has 0 fully saturated rings. The molecule has 2 aromatic carbocycles. The molecule has 0 amide bonds. The lowest BCUT2D eigenvalue weighted by atomic mass is 9.84. The zero-order valence-corrected chi connectivity index (χ0v) is 20.3. The quantitative estimate of drug-likeness (QED) is 0.325. The number of nitrogens with one attached hydrogen (secondary N) is 2. The summed E-state index contributed by atoms with van der Waals surface area (Å²) in [5.74, 6) is 0.423. The van der Waals surface area contributed by atoms with Gasteiger partial charge in [0.1, 0.15) is 5.82 Å². The molecule has 0 aromatic heterocycles. The van der Waals surface area contributed by atoms with Crippen LogP contribution in [-0.4, -0.2) is 40.8 Å². The predicted octanol–water partition coefficient (Wildman–Crippen LogP) is 3.53. The molecule has 5 nitrogen and oxygen atoms in total. The number of hydrogen-bond donors (Lipinski definition) is 2. The van der Waals surface area contributed by atoms with Gasteiger partial charge >= 0.3 is 0 Å². The molecule has 0 aliphatic carbocycles. The Balaban J connectivity index is 0.00000420. The van der Waals surface area contributed by atoms with E-state index in [4.69, 9.17) is 0 Å². The van der Waals surface area contributed by atoms with E-state index in [1.54, 1.807) is 31.3 Å². The molecule has 0 spiro atoms. The molecule has 8 heteroatoms. The monoisotopic (exact) mass is 533 g/mol. The van der Waals surface area contributed by atoms with Crippen molar-refractivity contribution in [2.24, 2.45) is 4.99 Å². The fourth-order valence-corrected chi connectivity index (χ4v) is 3.40. The summed E-state index contributed by atoms with van der Waals surface area (Å²) >= 11 is 0. The molecule has 0 heterocycles. The van der Waals surface area contributed by atoms with E-state index in [1.165, 1.54) is 12.3 Å². The van der Waals surface area contributed by atoms with E-state index in [0.29, 0.717) is 23.9 Å². The van der Waals surface area contributed by atoms with Gasteiger partial charge in [-0.3, -0.25) is 4.99 Å². The van der Waals surface area contributed by atoms with E-state index in [2.05, 4.69) is 15.6 Å². The van der Waals surface area contributed by atoms with Crippen molar-refractivity contribution >= 4 is 39.8 Å². The van der Waals surface area contributed by atoms with Crippen LogP contribution in [0.3, 0.4) is 0 Å². The van der Waals surface area contributed by atoms with E-state index >= 15 is 0 Å². The molecule has 2 rings (SSSR count). The molecule has 0 aliphatic rings. The Morgan fingerprint density at radius 1 is 1.10 bits per heavy atom. The average molecular weight is 533 g/mol. The molecule has 2 N–H and O–H groups in total. The second-order valence-electron chi connectivity index (χ2n) is 7.41. The van der Waals surface area contributed by atoms with Gasteiger partial charge in [-0.15, -0.1) is 24.0 Å². The standard InChI is InChI=1S/C21H28FN3O2S.HI/c1-21(2,17-6-5-7-18(22)14-17)15-25-20(23-3)24-13-12-16-8-10-19(11-9-16)28(4,26)27;/h5-11,14H,12-13,15H2,1-4H3,(H2,23,24,25);1H. The van der Waals surface area contributed by atoms with Gasteiger partial charge in [0.2, 0.25) is 0 Å². The number of sulfone groups is 1. The van der Waals surface area contributed by atoms with Gasteiger partial charge in [-0.05, 0) is 41.8 Å². The van der Waals surface area contributed by atoms with Crippen LogP contribution in [0.2, 0.25) is 0 Å². The second kappa shape index (κ2) is 10.9. The molecule has 2 aromatic rings. The number of guanidine groups is 1. The van der Waals surface area contributed by atoms with Crippen LogP contribution in [0.4, 0.5) is 4.39 Å². The number of rotatable bonds is 7. The topological polar surface area (TPSA) is 70.6 Å². The largest absolute Gasteiger partial charge is 0.356 e. The van der Waals surface area contributed by atoms with E-state index in [1.807, 2.05) is 32.0 Å². The lowest BCUT2D eigenvalue weighted by Gasteiger charge is -2.27. The van der Waals surface area contributed by atoms with Gasteiger partial charge in [0, 0.05) is 31.8 Å². The van der Waals surface area contributed by atoms with Gasteiger partial charge in [0.05, 0.1) is 4.90 Å². The molecule has 0 unspecified atom stereocenters. The number of hydrogen-bond acceptors (Lipinski definition) is 3. The summed E-state index contributed by atoms with van der Waals surface area (Å²) in [6, 6.07) is 13.5. The van der Waals surface area contributed by atoms with Gasteiger partial charge in [0.25, 0.3) is 0 Å².